The molecule has 31 heavy (non-hydrogen) atoms. The molecule has 0 unspecified atom stereocenters. The van der Waals surface area contributed by atoms with Gasteiger partial charge in [-0.05, 0) is 68.4 Å². The van der Waals surface area contributed by atoms with Crippen molar-refractivity contribution in [2.75, 3.05) is 20.3 Å². The average molecular weight is 646 g/mol. The van der Waals surface area contributed by atoms with Gasteiger partial charge in [-0.1, -0.05) is 39.8 Å². The molecule has 0 aliphatic heterocycles. The molecule has 0 amide bonds. The summed E-state index contributed by atoms with van der Waals surface area (Å²) >= 11 is 4.56. The van der Waals surface area contributed by atoms with Crippen LogP contribution in [-0.2, 0) is 15.6 Å². The largest absolute Gasteiger partial charge is 0.395 e. The summed E-state index contributed by atoms with van der Waals surface area (Å²) in [5.74, 6) is 0. The number of hydrogen-bond donors (Lipinski definition) is 1. The fourth-order valence-electron chi connectivity index (χ4n) is 3.24. The number of aromatic nitrogens is 4. The SMILES string of the molecule is CC(C)(CO)c1ccc2c(I)cnn2c1.COCC(C)(C)c1ccc2c(I)cnn2c1. The van der Waals surface area contributed by atoms with Crippen LogP contribution < -0.4 is 0 Å². The summed E-state index contributed by atoms with van der Waals surface area (Å²) < 4.78 is 11.3. The van der Waals surface area contributed by atoms with Crippen molar-refractivity contribution < 1.29 is 9.84 Å². The number of nitrogens with zero attached hydrogens (tertiary/aromatic N) is 4. The molecular formula is C23H28I2N4O2. The lowest BCUT2D eigenvalue weighted by molar-refractivity contribution is 0.146. The van der Waals surface area contributed by atoms with Crippen LogP contribution in [-0.4, -0.2) is 44.7 Å². The molecule has 4 aromatic rings. The Morgan fingerprint density at radius 1 is 0.839 bits per heavy atom. The van der Waals surface area contributed by atoms with Gasteiger partial charge in [0.15, 0.2) is 0 Å². The van der Waals surface area contributed by atoms with E-state index in [0.717, 1.165) is 20.2 Å². The molecule has 1 N–H and O–H groups in total. The first-order valence-electron chi connectivity index (χ1n) is 9.95. The highest BCUT2D eigenvalue weighted by atomic mass is 127. The first-order chi connectivity index (χ1) is 14.6. The molecule has 8 heteroatoms. The van der Waals surface area contributed by atoms with Crippen LogP contribution in [0.3, 0.4) is 0 Å². The number of fused-ring (bicyclic) bond motifs is 2. The van der Waals surface area contributed by atoms with Crippen molar-refractivity contribution in [1.82, 2.24) is 19.2 Å². The van der Waals surface area contributed by atoms with Gasteiger partial charge < -0.3 is 9.84 Å². The third-order valence-corrected chi connectivity index (χ3v) is 7.06. The minimum Gasteiger partial charge on any atom is -0.395 e. The minimum atomic E-state index is -0.217. The Bertz CT molecular complexity index is 1180. The number of pyridine rings is 2. The van der Waals surface area contributed by atoms with Gasteiger partial charge in [0.2, 0.25) is 0 Å². The van der Waals surface area contributed by atoms with Crippen molar-refractivity contribution in [3.63, 3.8) is 0 Å². The maximum atomic E-state index is 9.29. The van der Waals surface area contributed by atoms with E-state index in [4.69, 9.17) is 4.74 Å². The molecule has 0 saturated carbocycles. The second kappa shape index (κ2) is 9.72. The van der Waals surface area contributed by atoms with E-state index in [1.54, 1.807) is 7.11 Å². The Morgan fingerprint density at radius 2 is 1.29 bits per heavy atom. The molecule has 4 aromatic heterocycles. The molecule has 0 aliphatic rings. The highest BCUT2D eigenvalue weighted by Gasteiger charge is 2.21. The number of methoxy groups -OCH3 is 1. The standard InChI is InChI=1S/C12H15IN2O.C11H13IN2O/c1-12(2,8-16-3)9-4-5-11-10(13)6-14-15(11)7-9;1-11(2,7-15)8-3-4-10-9(12)5-13-14(10)6-8/h4-7H,8H2,1-3H3;3-6,15H,7H2,1-2H3. The third kappa shape index (κ3) is 5.40. The summed E-state index contributed by atoms with van der Waals surface area (Å²) in [6.45, 7) is 9.22. The van der Waals surface area contributed by atoms with Crippen molar-refractivity contribution in [3.05, 3.63) is 67.3 Å². The zero-order valence-electron chi connectivity index (χ0n) is 18.4. The smallest absolute Gasteiger partial charge is 0.0795 e. The molecule has 6 nitrogen and oxygen atoms in total. The first-order valence-corrected chi connectivity index (χ1v) is 12.1. The van der Waals surface area contributed by atoms with Crippen LogP contribution in [0.15, 0.2) is 49.1 Å². The highest BCUT2D eigenvalue weighted by molar-refractivity contribution is 14.1. The van der Waals surface area contributed by atoms with Crippen LogP contribution in [0.2, 0.25) is 0 Å². The predicted molar refractivity (Wildman–Crippen MR) is 141 cm³/mol. The van der Waals surface area contributed by atoms with Crippen LogP contribution in [0.5, 0.6) is 0 Å². The second-order valence-electron chi connectivity index (χ2n) is 8.84. The lowest BCUT2D eigenvalue weighted by Crippen LogP contribution is -2.24. The summed E-state index contributed by atoms with van der Waals surface area (Å²) in [7, 11) is 1.73. The van der Waals surface area contributed by atoms with Crippen molar-refractivity contribution in [1.29, 1.82) is 0 Å². The van der Waals surface area contributed by atoms with Gasteiger partial charge in [0.25, 0.3) is 0 Å². The number of aliphatic hydroxyl groups is 1. The molecule has 4 heterocycles. The Kier molecular flexibility index (Phi) is 7.65. The molecule has 0 aliphatic carbocycles. The quantitative estimate of drug-likeness (QED) is 0.308. The maximum Gasteiger partial charge on any atom is 0.0795 e. The lowest BCUT2D eigenvalue weighted by Gasteiger charge is -2.24. The third-order valence-electron chi connectivity index (χ3n) is 5.40. The normalized spacial score (nSPS) is 12.3. The highest BCUT2D eigenvalue weighted by Crippen LogP contribution is 2.25. The number of ether oxygens (including phenoxy) is 1. The van der Waals surface area contributed by atoms with Crippen molar-refractivity contribution >= 4 is 56.2 Å². The van der Waals surface area contributed by atoms with Gasteiger partial charge in [0.05, 0.1) is 43.8 Å². The average Bonchev–Trinajstić information content (AvgIpc) is 3.30. The van der Waals surface area contributed by atoms with E-state index >= 15 is 0 Å². The first kappa shape index (κ1) is 24.4. The molecule has 0 spiro atoms. The van der Waals surface area contributed by atoms with E-state index in [0.29, 0.717) is 6.61 Å². The molecular weight excluding hydrogens is 618 g/mol. The van der Waals surface area contributed by atoms with E-state index in [2.05, 4.69) is 93.6 Å². The van der Waals surface area contributed by atoms with Gasteiger partial charge in [-0.15, -0.1) is 0 Å². The van der Waals surface area contributed by atoms with Crippen LogP contribution in [0.1, 0.15) is 38.8 Å². The van der Waals surface area contributed by atoms with Crippen LogP contribution in [0.25, 0.3) is 11.0 Å². The number of halogens is 2. The summed E-state index contributed by atoms with van der Waals surface area (Å²) in [5.41, 5.74) is 4.38. The fraction of sp³-hybridized carbons (Fsp3) is 0.391. The Labute approximate surface area is 210 Å². The number of aliphatic hydroxyl groups excluding tert-OH is 1. The van der Waals surface area contributed by atoms with Gasteiger partial charge >= 0.3 is 0 Å². The summed E-state index contributed by atoms with van der Waals surface area (Å²) in [5, 5.41) is 17.9. The number of hydrogen-bond acceptors (Lipinski definition) is 4. The molecule has 0 aromatic carbocycles. The zero-order chi connectivity index (χ0) is 22.8. The topological polar surface area (TPSA) is 64.1 Å². The summed E-state index contributed by atoms with van der Waals surface area (Å²) in [6, 6.07) is 8.36. The Morgan fingerprint density at radius 3 is 1.71 bits per heavy atom. The molecule has 0 radical (unpaired) electrons. The summed E-state index contributed by atoms with van der Waals surface area (Å²) in [6.07, 6.45) is 7.78. The van der Waals surface area contributed by atoms with Crippen molar-refractivity contribution in [3.8, 4) is 0 Å². The predicted octanol–water partition coefficient (Wildman–Crippen LogP) is 5.07. The zero-order valence-corrected chi connectivity index (χ0v) is 22.7. The molecule has 4 rings (SSSR count). The van der Waals surface area contributed by atoms with Crippen LogP contribution in [0.4, 0.5) is 0 Å². The molecule has 0 saturated heterocycles. The van der Waals surface area contributed by atoms with Gasteiger partial charge in [0, 0.05) is 30.3 Å². The van der Waals surface area contributed by atoms with Crippen molar-refractivity contribution in [2.45, 2.75) is 38.5 Å². The molecule has 0 bridgehead atoms. The number of rotatable bonds is 5. The van der Waals surface area contributed by atoms with E-state index < -0.39 is 0 Å². The van der Waals surface area contributed by atoms with Crippen LogP contribution in [0, 0.1) is 7.14 Å². The van der Waals surface area contributed by atoms with Gasteiger partial charge in [-0.25, -0.2) is 9.03 Å². The van der Waals surface area contributed by atoms with Gasteiger partial charge in [0.1, 0.15) is 0 Å². The van der Waals surface area contributed by atoms with Crippen molar-refractivity contribution in [2.24, 2.45) is 0 Å². The van der Waals surface area contributed by atoms with E-state index in [-0.39, 0.29) is 17.4 Å². The lowest BCUT2D eigenvalue weighted by atomic mass is 9.87. The van der Waals surface area contributed by atoms with E-state index in [1.165, 1.54) is 9.13 Å². The molecule has 0 fully saturated rings. The van der Waals surface area contributed by atoms with Gasteiger partial charge in [-0.3, -0.25) is 0 Å². The Hall–Kier alpha value is -1.24. The van der Waals surface area contributed by atoms with Crippen LogP contribution >= 0.6 is 45.2 Å². The fourth-order valence-corrected chi connectivity index (χ4v) is 4.35. The second-order valence-corrected chi connectivity index (χ2v) is 11.2. The minimum absolute atomic E-state index is 0.0142. The van der Waals surface area contributed by atoms with E-state index in [9.17, 15) is 5.11 Å². The molecule has 0 atom stereocenters. The Balaban J connectivity index is 0.000000176. The summed E-state index contributed by atoms with van der Waals surface area (Å²) in [4.78, 5) is 0. The maximum absolute atomic E-state index is 9.29. The van der Waals surface area contributed by atoms with Gasteiger partial charge in [-0.2, -0.15) is 10.2 Å². The monoisotopic (exact) mass is 646 g/mol. The molecule has 166 valence electrons. The van der Waals surface area contributed by atoms with E-state index in [1.807, 2.05) is 47.5 Å².